The third-order valence-electron chi connectivity index (χ3n) is 11.9. The van der Waals surface area contributed by atoms with Gasteiger partial charge in [0, 0.05) is 46.4 Å². The number of imidazole rings is 1. The number of rotatable bonds is 5. The van der Waals surface area contributed by atoms with E-state index in [4.69, 9.17) is 13.5 Å². The summed E-state index contributed by atoms with van der Waals surface area (Å²) in [7, 11) is 0. The maximum Gasteiger partial charge on any atom is 0 e. The topological polar surface area (TPSA) is 56.7 Å². The smallest absolute Gasteiger partial charge is 0 e. The molecule has 0 fully saturated rings. The Morgan fingerprint density at radius 1 is 0.727 bits per heavy atom. The van der Waals surface area contributed by atoms with Gasteiger partial charge in [0.05, 0.1) is 38.3 Å². The number of nitrogens with zero attached hydrogens (tertiary/aromatic N) is 4. The summed E-state index contributed by atoms with van der Waals surface area (Å²) < 4.78 is 64.7. The fourth-order valence-electron chi connectivity index (χ4n) is 8.73. The van der Waals surface area contributed by atoms with Crippen molar-refractivity contribution in [3.8, 4) is 39.5 Å². The molecule has 0 bridgehead atoms. The first-order valence-corrected chi connectivity index (χ1v) is 29.4. The molecule has 5 heterocycles. The Bertz CT molecular complexity index is 3960. The van der Waals surface area contributed by atoms with Gasteiger partial charge < -0.3 is 8.98 Å². The van der Waals surface area contributed by atoms with Gasteiger partial charge in [0.15, 0.2) is 0 Å². The summed E-state index contributed by atoms with van der Waals surface area (Å²) in [5.74, 6) is 6.48. The molecule has 5 nitrogen and oxygen atoms in total. The van der Waals surface area contributed by atoms with E-state index in [1.165, 1.54) is 37.9 Å². The number of thiophene rings is 1. The van der Waals surface area contributed by atoms with Gasteiger partial charge in [-0.15, -0.1) is 29.5 Å². The number of benzene rings is 7. The number of furan rings is 1. The van der Waals surface area contributed by atoms with Crippen LogP contribution in [0.4, 0.5) is 8.78 Å². The number of halogens is 2. The first kappa shape index (κ1) is 40.0. The van der Waals surface area contributed by atoms with E-state index in [1.54, 1.807) is 41.8 Å². The molecular formula is C56H40F2GeIrN4OS-2. The Kier molecular flexibility index (Phi) is 10.4. The van der Waals surface area contributed by atoms with Crippen LogP contribution >= 0.6 is 11.3 Å². The molecule has 0 aliphatic heterocycles. The molecule has 66 heavy (non-hydrogen) atoms. The second kappa shape index (κ2) is 17.1. The predicted octanol–water partition coefficient (Wildman–Crippen LogP) is 15.0. The molecular weight excluding hydrogens is 1080 g/mol. The number of hydrogen-bond donors (Lipinski definition) is 0. The maximum absolute atomic E-state index is 14.7. The standard InChI is InChI=1S/C35H19FN3OS.C21H21FGeN.Ir/c1-19-16-17-29(33-31(19)21-8-2-5-15-30(21)41-33)39-28-14-4-3-12-27(28)37-34(39)22-10-6-9-20-23-18-24-25(36)11-7-13-26(24)38-35(23)40-32(20)22;1-15-12-21(24-14-20(15)23(2,3)4)17-10-11-19(22)18(13-17)16-8-6-5-7-9-16;/h2-9,11-18H,1H3;5-9,11-14H,1-4H3;/q2*-1;/i;1D3;. The Labute approximate surface area is 404 Å². The molecule has 12 rings (SSSR count). The average Bonchev–Trinajstić information content (AvgIpc) is 4.03. The number of para-hydroxylation sites is 2. The van der Waals surface area contributed by atoms with Gasteiger partial charge in [0.2, 0.25) is 5.71 Å². The molecule has 0 saturated carbocycles. The third kappa shape index (κ3) is 7.54. The van der Waals surface area contributed by atoms with E-state index in [0.29, 0.717) is 44.6 Å². The number of aromatic nitrogens is 4. The molecule has 5 aromatic heterocycles. The van der Waals surface area contributed by atoms with Crippen LogP contribution in [-0.4, -0.2) is 32.8 Å². The minimum atomic E-state index is -2.41. The quantitative estimate of drug-likeness (QED) is 0.127. The summed E-state index contributed by atoms with van der Waals surface area (Å²) in [5.41, 5.74) is 9.17. The number of hydrogen-bond acceptors (Lipinski definition) is 5. The zero-order valence-electron chi connectivity index (χ0n) is 39.1. The van der Waals surface area contributed by atoms with Gasteiger partial charge in [-0.3, -0.25) is 4.98 Å². The molecule has 0 spiro atoms. The summed E-state index contributed by atoms with van der Waals surface area (Å²) in [5, 5.41) is 4.60. The molecule has 0 saturated heterocycles. The van der Waals surface area contributed by atoms with Gasteiger partial charge in [-0.2, -0.15) is 0 Å². The minimum Gasteiger partial charge on any atom is 0 e. The van der Waals surface area contributed by atoms with E-state index in [0.717, 1.165) is 48.8 Å². The Morgan fingerprint density at radius 2 is 1.52 bits per heavy atom. The average molecular weight is 1120 g/mol. The van der Waals surface area contributed by atoms with E-state index >= 15 is 0 Å². The predicted molar refractivity (Wildman–Crippen MR) is 267 cm³/mol. The molecule has 0 atom stereocenters. The summed E-state index contributed by atoms with van der Waals surface area (Å²) in [4.78, 5) is 14.3. The molecule has 0 unspecified atom stereocenters. The summed E-state index contributed by atoms with van der Waals surface area (Å²) in [6, 6.07) is 51.8. The largest absolute Gasteiger partial charge is 0 e. The molecule has 12 aromatic rings. The van der Waals surface area contributed by atoms with Crippen molar-refractivity contribution in [2.24, 2.45) is 0 Å². The van der Waals surface area contributed by atoms with Gasteiger partial charge in [-0.25, -0.2) is 9.37 Å². The summed E-state index contributed by atoms with van der Waals surface area (Å²) in [6.45, 7) is -0.0469. The van der Waals surface area contributed by atoms with Crippen LogP contribution in [-0.2, 0) is 20.1 Å². The van der Waals surface area contributed by atoms with Gasteiger partial charge >= 0.3 is 150 Å². The molecule has 7 aromatic carbocycles. The van der Waals surface area contributed by atoms with Gasteiger partial charge in [-0.1, -0.05) is 53.4 Å². The molecule has 0 aliphatic carbocycles. The molecule has 325 valence electrons. The zero-order valence-corrected chi connectivity index (χ0v) is 41.4. The van der Waals surface area contributed by atoms with Crippen LogP contribution in [0, 0.1) is 37.5 Å². The van der Waals surface area contributed by atoms with Gasteiger partial charge in [0.25, 0.3) is 0 Å². The van der Waals surface area contributed by atoms with E-state index in [9.17, 15) is 8.78 Å². The molecule has 0 aliphatic rings. The third-order valence-corrected chi connectivity index (χ3v) is 17.3. The summed E-state index contributed by atoms with van der Waals surface area (Å²) in [6.07, 6.45) is 1.69. The van der Waals surface area contributed by atoms with Crippen molar-refractivity contribution in [2.45, 2.75) is 31.0 Å². The SMILES string of the molecule is Cc1ccc(-n2c(-c3[c-]ccc4c3oc3nc5cccc(F)c5cc34)nc3ccccc32)c2sc3ccccc3c12.[2H]C([2H])([2H])c1cc(-c2[c-]cc(F)c(-c3ccccc3)c2)nc[c]1[Ge]([CH3])([CH3])[CH3].[Ir]. The second-order valence-corrected chi connectivity index (χ2v) is 28.8. The molecule has 1 radical (unpaired) electrons. The number of pyridine rings is 2. The number of aryl methyl sites for hydroxylation is 2. The van der Waals surface area contributed by atoms with Crippen LogP contribution in [0.15, 0.2) is 156 Å². The second-order valence-electron chi connectivity index (χ2n) is 17.1. The van der Waals surface area contributed by atoms with Crippen LogP contribution in [0.2, 0.25) is 17.3 Å². The van der Waals surface area contributed by atoms with Gasteiger partial charge in [0.1, 0.15) is 5.82 Å². The van der Waals surface area contributed by atoms with Crippen molar-refractivity contribution in [1.29, 1.82) is 0 Å². The summed E-state index contributed by atoms with van der Waals surface area (Å²) >= 11 is -0.616. The molecule has 10 heteroatoms. The van der Waals surface area contributed by atoms with Crippen molar-refractivity contribution < 1.29 is 37.4 Å². The number of fused-ring (bicyclic) bond motifs is 8. The van der Waals surface area contributed by atoms with E-state index in [1.807, 2.05) is 66.7 Å². The maximum atomic E-state index is 14.7. The van der Waals surface area contributed by atoms with Crippen molar-refractivity contribution in [1.82, 2.24) is 19.5 Å². The Morgan fingerprint density at radius 3 is 2.35 bits per heavy atom. The first-order chi connectivity index (χ1) is 32.7. The van der Waals surface area contributed by atoms with Crippen LogP contribution in [0.1, 0.15) is 15.2 Å². The minimum absolute atomic E-state index is 0. The normalized spacial score (nSPS) is 12.6. The van der Waals surface area contributed by atoms with Gasteiger partial charge in [-0.05, 0) is 55.0 Å². The Balaban J connectivity index is 0.000000173. The monoisotopic (exact) mass is 1120 g/mol. The van der Waals surface area contributed by atoms with Crippen LogP contribution in [0.3, 0.4) is 0 Å². The zero-order chi connectivity index (χ0) is 47.1. The van der Waals surface area contributed by atoms with Crippen molar-refractivity contribution in [3.05, 3.63) is 187 Å². The van der Waals surface area contributed by atoms with Crippen LogP contribution < -0.4 is 4.40 Å². The Hall–Kier alpha value is -6.36. The first-order valence-electron chi connectivity index (χ1n) is 22.7. The fraction of sp³-hybridized carbons (Fsp3) is 0.0893. The van der Waals surface area contributed by atoms with Crippen LogP contribution in [0.25, 0.3) is 104 Å². The van der Waals surface area contributed by atoms with Crippen molar-refractivity contribution in [3.63, 3.8) is 0 Å². The van der Waals surface area contributed by atoms with E-state index < -0.39 is 20.1 Å². The fourth-order valence-corrected chi connectivity index (χ4v) is 12.8. The van der Waals surface area contributed by atoms with Crippen molar-refractivity contribution >= 4 is 93.2 Å². The van der Waals surface area contributed by atoms with E-state index in [-0.39, 0.29) is 31.7 Å². The molecule has 0 N–H and O–H groups in total. The van der Waals surface area contributed by atoms with Crippen LogP contribution in [0.5, 0.6) is 0 Å². The van der Waals surface area contributed by atoms with Crippen molar-refractivity contribution in [2.75, 3.05) is 0 Å². The molecule has 0 amide bonds. The van der Waals surface area contributed by atoms with E-state index in [2.05, 4.69) is 93.3 Å².